The van der Waals surface area contributed by atoms with Crippen molar-refractivity contribution in [2.24, 2.45) is 0 Å². The predicted molar refractivity (Wildman–Crippen MR) is 171 cm³/mol. The molecule has 11 nitrogen and oxygen atoms in total. The minimum Gasteiger partial charge on any atom is -0.497 e. The Balaban J connectivity index is 1.35. The second-order valence-electron chi connectivity index (χ2n) is 9.85. The predicted octanol–water partition coefficient (Wildman–Crippen LogP) is 5.23. The molecule has 1 aromatic heterocycles. The van der Waals surface area contributed by atoms with E-state index >= 15 is 0 Å². The van der Waals surface area contributed by atoms with Crippen LogP contribution >= 0.6 is 0 Å². The van der Waals surface area contributed by atoms with Crippen molar-refractivity contribution < 1.29 is 22.7 Å². The largest absolute Gasteiger partial charge is 0.497 e. The smallest absolute Gasteiger partial charge is 0.263 e. The molecule has 12 heteroatoms. The molecule has 44 heavy (non-hydrogen) atoms. The summed E-state index contributed by atoms with van der Waals surface area (Å²) in [6.45, 7) is 2.60. The van der Waals surface area contributed by atoms with Crippen molar-refractivity contribution in [3.05, 3.63) is 102 Å². The summed E-state index contributed by atoms with van der Waals surface area (Å²) in [7, 11) is -1.08. The molecular weight excluding hydrogens is 580 g/mol. The number of aromatic nitrogens is 2. The molecule has 1 heterocycles. The fraction of sp³-hybridized carbons (Fsp3) is 0.156. The minimum atomic E-state index is -4.15. The van der Waals surface area contributed by atoms with Crippen LogP contribution < -0.4 is 30.1 Å². The quantitative estimate of drug-likeness (QED) is 0.149. The number of anilines is 4. The first kappa shape index (κ1) is 30.3. The molecule has 0 saturated heterocycles. The highest BCUT2D eigenvalue weighted by molar-refractivity contribution is 7.92. The summed E-state index contributed by atoms with van der Waals surface area (Å²) in [6.07, 6.45) is 0. The number of hydrogen-bond acceptors (Lipinski definition) is 9. The zero-order valence-corrected chi connectivity index (χ0v) is 25.2. The number of carbonyl (C=O) groups excluding carboxylic acids is 1. The van der Waals surface area contributed by atoms with Gasteiger partial charge in [0.1, 0.15) is 11.5 Å². The third-order valence-corrected chi connectivity index (χ3v) is 8.04. The van der Waals surface area contributed by atoms with Gasteiger partial charge in [-0.2, -0.15) is 0 Å². The standard InChI is InChI=1S/C32H32N6O5S/c1-21-9-4-5-10-22(21)19-33-20-30(39)34-23-11-8-12-27(17-23)44(40,41)38-32-31(36-28-13-6-7-14-29(28)37-32)35-24-15-25(42-2)18-26(16-24)43-3/h4-18,33H,19-20H2,1-3H3,(H,34,39)(H,35,36)(H,37,38). The summed E-state index contributed by atoms with van der Waals surface area (Å²) in [5.74, 6) is 0.924. The van der Waals surface area contributed by atoms with Gasteiger partial charge in [-0.25, -0.2) is 18.4 Å². The van der Waals surface area contributed by atoms with Gasteiger partial charge in [-0.15, -0.1) is 0 Å². The number of nitrogens with zero attached hydrogens (tertiary/aromatic N) is 2. The van der Waals surface area contributed by atoms with E-state index in [9.17, 15) is 13.2 Å². The number of rotatable bonds is 12. The summed E-state index contributed by atoms with van der Waals surface area (Å²) in [4.78, 5) is 21.7. The van der Waals surface area contributed by atoms with Crippen molar-refractivity contribution in [3.63, 3.8) is 0 Å². The summed E-state index contributed by atoms with van der Waals surface area (Å²) >= 11 is 0. The van der Waals surface area contributed by atoms with Gasteiger partial charge in [0.05, 0.1) is 36.7 Å². The molecule has 0 unspecified atom stereocenters. The van der Waals surface area contributed by atoms with Gasteiger partial charge in [0, 0.05) is 36.1 Å². The van der Waals surface area contributed by atoms with Crippen LogP contribution in [0.25, 0.3) is 11.0 Å². The number of benzene rings is 4. The monoisotopic (exact) mass is 612 g/mol. The Labute approximate surface area is 255 Å². The maximum atomic E-state index is 13.6. The SMILES string of the molecule is COc1cc(Nc2nc3ccccc3nc2NS(=O)(=O)c2cccc(NC(=O)CNCc3ccccc3C)c2)cc(OC)c1. The number of methoxy groups -OCH3 is 2. The Hall–Kier alpha value is -5.20. The van der Waals surface area contributed by atoms with Crippen molar-refractivity contribution in [2.45, 2.75) is 18.4 Å². The molecular formula is C32H32N6O5S. The van der Waals surface area contributed by atoms with Crippen LogP contribution in [0.5, 0.6) is 11.5 Å². The van der Waals surface area contributed by atoms with Gasteiger partial charge in [-0.05, 0) is 48.4 Å². The van der Waals surface area contributed by atoms with Crippen molar-refractivity contribution in [1.82, 2.24) is 15.3 Å². The fourth-order valence-electron chi connectivity index (χ4n) is 4.43. The van der Waals surface area contributed by atoms with E-state index in [0.717, 1.165) is 11.1 Å². The number of fused-ring (bicyclic) bond motifs is 1. The van der Waals surface area contributed by atoms with E-state index in [1.807, 2.05) is 37.3 Å². The van der Waals surface area contributed by atoms with Crippen LogP contribution in [0, 0.1) is 6.92 Å². The first-order chi connectivity index (χ1) is 21.2. The van der Waals surface area contributed by atoms with Gasteiger partial charge >= 0.3 is 0 Å². The molecule has 5 rings (SSSR count). The van der Waals surface area contributed by atoms with E-state index in [1.165, 1.54) is 26.4 Å². The molecule has 0 aliphatic carbocycles. The second-order valence-corrected chi connectivity index (χ2v) is 11.5. The summed E-state index contributed by atoms with van der Waals surface area (Å²) < 4.78 is 40.4. The van der Waals surface area contributed by atoms with Gasteiger partial charge in [0.2, 0.25) is 5.91 Å². The number of sulfonamides is 1. The van der Waals surface area contributed by atoms with Crippen molar-refractivity contribution >= 4 is 50.0 Å². The molecule has 0 bridgehead atoms. The molecule has 5 aromatic rings. The molecule has 0 saturated carbocycles. The normalized spacial score (nSPS) is 11.2. The first-order valence-corrected chi connectivity index (χ1v) is 15.2. The lowest BCUT2D eigenvalue weighted by atomic mass is 10.1. The number of nitrogens with one attached hydrogen (secondary N) is 4. The van der Waals surface area contributed by atoms with Crippen molar-refractivity contribution in [3.8, 4) is 11.5 Å². The maximum absolute atomic E-state index is 13.6. The third kappa shape index (κ3) is 7.41. The van der Waals surface area contributed by atoms with E-state index in [-0.39, 0.29) is 29.0 Å². The highest BCUT2D eigenvalue weighted by Crippen LogP contribution is 2.31. The molecule has 4 N–H and O–H groups in total. The lowest BCUT2D eigenvalue weighted by Crippen LogP contribution is -2.28. The van der Waals surface area contributed by atoms with Crippen LogP contribution in [0.15, 0.2) is 95.9 Å². The lowest BCUT2D eigenvalue weighted by molar-refractivity contribution is -0.115. The van der Waals surface area contributed by atoms with Gasteiger partial charge in [-0.1, -0.05) is 42.5 Å². The Morgan fingerprint density at radius 1 is 0.773 bits per heavy atom. The molecule has 0 fully saturated rings. The van der Waals surface area contributed by atoms with Crippen molar-refractivity contribution in [1.29, 1.82) is 0 Å². The number of aryl methyl sites for hydroxylation is 1. The fourth-order valence-corrected chi connectivity index (χ4v) is 5.48. The molecule has 0 aliphatic rings. The van der Waals surface area contributed by atoms with Gasteiger partial charge in [0.25, 0.3) is 10.0 Å². The number of carbonyl (C=O) groups is 1. The van der Waals surface area contributed by atoms with Crippen LogP contribution in [0.1, 0.15) is 11.1 Å². The van der Waals surface area contributed by atoms with Crippen molar-refractivity contribution in [2.75, 3.05) is 36.1 Å². The number of hydrogen-bond donors (Lipinski definition) is 4. The maximum Gasteiger partial charge on any atom is 0.263 e. The number of amides is 1. The topological polar surface area (TPSA) is 144 Å². The Morgan fingerprint density at radius 2 is 1.43 bits per heavy atom. The Kier molecular flexibility index (Phi) is 9.22. The Morgan fingerprint density at radius 3 is 2.11 bits per heavy atom. The molecule has 0 radical (unpaired) electrons. The third-order valence-electron chi connectivity index (χ3n) is 6.71. The summed E-state index contributed by atoms with van der Waals surface area (Å²) in [6, 6.07) is 26.2. The zero-order chi connectivity index (χ0) is 31.1. The average Bonchev–Trinajstić information content (AvgIpc) is 3.02. The van der Waals surface area contributed by atoms with Gasteiger partial charge in [-0.3, -0.25) is 9.52 Å². The number of ether oxygens (including phenoxy) is 2. The van der Waals surface area contributed by atoms with E-state index in [4.69, 9.17) is 9.47 Å². The highest BCUT2D eigenvalue weighted by Gasteiger charge is 2.20. The van der Waals surface area contributed by atoms with Crippen LogP contribution in [-0.2, 0) is 21.4 Å². The van der Waals surface area contributed by atoms with E-state index in [2.05, 4.69) is 30.6 Å². The van der Waals surface area contributed by atoms with Crippen LogP contribution in [-0.4, -0.2) is 45.1 Å². The second kappa shape index (κ2) is 13.4. The molecule has 0 aliphatic heterocycles. The summed E-state index contributed by atoms with van der Waals surface area (Å²) in [5, 5.41) is 9.00. The molecule has 1 amide bonds. The van der Waals surface area contributed by atoms with Crippen LogP contribution in [0.3, 0.4) is 0 Å². The molecule has 4 aromatic carbocycles. The molecule has 0 spiro atoms. The first-order valence-electron chi connectivity index (χ1n) is 13.7. The van der Waals surface area contributed by atoms with Gasteiger partial charge < -0.3 is 25.4 Å². The zero-order valence-electron chi connectivity index (χ0n) is 24.4. The summed E-state index contributed by atoms with van der Waals surface area (Å²) in [5.41, 5.74) is 4.17. The van der Waals surface area contributed by atoms with E-state index < -0.39 is 10.0 Å². The highest BCUT2D eigenvalue weighted by atomic mass is 32.2. The average molecular weight is 613 g/mol. The van der Waals surface area contributed by atoms with Crippen LogP contribution in [0.4, 0.5) is 23.0 Å². The minimum absolute atomic E-state index is 0.0136. The van der Waals surface area contributed by atoms with E-state index in [0.29, 0.717) is 40.5 Å². The molecule has 226 valence electrons. The van der Waals surface area contributed by atoms with Gasteiger partial charge in [0.15, 0.2) is 11.6 Å². The van der Waals surface area contributed by atoms with Crippen LogP contribution in [0.2, 0.25) is 0 Å². The lowest BCUT2D eigenvalue weighted by Gasteiger charge is -2.15. The molecule has 0 atom stereocenters. The Bertz CT molecular complexity index is 1890. The number of para-hydroxylation sites is 2. The van der Waals surface area contributed by atoms with E-state index in [1.54, 1.807) is 48.5 Å².